The van der Waals surface area contributed by atoms with Crippen molar-refractivity contribution >= 4 is 11.8 Å². The number of unbranched alkanes of at least 4 members (excludes halogenated alkanes) is 1. The lowest BCUT2D eigenvalue weighted by molar-refractivity contribution is -0.143. The average Bonchev–Trinajstić information content (AvgIpc) is 2.45. The standard InChI is InChI=1S/C16H22N2O2/c1-3-4-5-14(19)18-11-10-17-16(20)15(18)13-8-6-12(2)7-9-13/h6-9,15H,3-5,10-11H2,1-2H3,(H,17,20). The molecule has 1 heterocycles. The number of benzene rings is 1. The summed E-state index contributed by atoms with van der Waals surface area (Å²) in [5.41, 5.74) is 2.03. The molecule has 1 aliphatic heterocycles. The van der Waals surface area contributed by atoms with Crippen molar-refractivity contribution in [2.24, 2.45) is 0 Å². The first-order chi connectivity index (χ1) is 9.63. The van der Waals surface area contributed by atoms with E-state index >= 15 is 0 Å². The number of carbonyl (C=O) groups excluding carboxylic acids is 2. The van der Waals surface area contributed by atoms with Crippen LogP contribution in [0.4, 0.5) is 0 Å². The van der Waals surface area contributed by atoms with Crippen molar-refractivity contribution in [3.8, 4) is 0 Å². The maximum Gasteiger partial charge on any atom is 0.247 e. The maximum atomic E-state index is 12.3. The van der Waals surface area contributed by atoms with Gasteiger partial charge in [-0.15, -0.1) is 0 Å². The highest BCUT2D eigenvalue weighted by Gasteiger charge is 2.33. The second kappa shape index (κ2) is 6.55. The minimum Gasteiger partial charge on any atom is -0.352 e. The van der Waals surface area contributed by atoms with E-state index in [4.69, 9.17) is 0 Å². The third-order valence-electron chi connectivity index (χ3n) is 3.67. The number of aryl methyl sites for hydroxylation is 1. The molecule has 1 atom stereocenters. The summed E-state index contributed by atoms with van der Waals surface area (Å²) < 4.78 is 0. The summed E-state index contributed by atoms with van der Waals surface area (Å²) in [6.07, 6.45) is 2.38. The van der Waals surface area contributed by atoms with Crippen molar-refractivity contribution in [1.29, 1.82) is 0 Å². The summed E-state index contributed by atoms with van der Waals surface area (Å²) in [6.45, 7) is 5.20. The Morgan fingerprint density at radius 3 is 2.70 bits per heavy atom. The lowest BCUT2D eigenvalue weighted by atomic mass is 10.0. The summed E-state index contributed by atoms with van der Waals surface area (Å²) in [5.74, 6) is -0.00257. The van der Waals surface area contributed by atoms with Crippen LogP contribution in [0.1, 0.15) is 43.4 Å². The second-order valence-corrected chi connectivity index (χ2v) is 5.29. The number of hydrogen-bond acceptors (Lipinski definition) is 2. The van der Waals surface area contributed by atoms with Gasteiger partial charge in [0.25, 0.3) is 0 Å². The molecule has 0 aliphatic carbocycles. The van der Waals surface area contributed by atoms with Gasteiger partial charge in [-0.2, -0.15) is 0 Å². The van der Waals surface area contributed by atoms with Gasteiger partial charge in [-0.25, -0.2) is 0 Å². The Balaban J connectivity index is 2.22. The van der Waals surface area contributed by atoms with Crippen molar-refractivity contribution in [3.63, 3.8) is 0 Å². The molecule has 108 valence electrons. The van der Waals surface area contributed by atoms with Crippen LogP contribution in [-0.4, -0.2) is 29.8 Å². The van der Waals surface area contributed by atoms with Crippen molar-refractivity contribution in [3.05, 3.63) is 35.4 Å². The van der Waals surface area contributed by atoms with Gasteiger partial charge in [-0.1, -0.05) is 43.2 Å². The summed E-state index contributed by atoms with van der Waals surface area (Å²) >= 11 is 0. The molecule has 2 amide bonds. The fourth-order valence-corrected chi connectivity index (χ4v) is 2.49. The molecule has 0 aromatic heterocycles. The second-order valence-electron chi connectivity index (χ2n) is 5.29. The van der Waals surface area contributed by atoms with E-state index < -0.39 is 6.04 Å². The summed E-state index contributed by atoms with van der Waals surface area (Å²) in [4.78, 5) is 26.2. The fraction of sp³-hybridized carbons (Fsp3) is 0.500. The van der Waals surface area contributed by atoms with Crippen molar-refractivity contribution in [2.45, 2.75) is 39.2 Å². The molecule has 0 bridgehead atoms. The van der Waals surface area contributed by atoms with Crippen LogP contribution in [0, 0.1) is 6.92 Å². The Morgan fingerprint density at radius 1 is 1.35 bits per heavy atom. The molecule has 4 heteroatoms. The van der Waals surface area contributed by atoms with E-state index in [0.29, 0.717) is 19.5 Å². The Hall–Kier alpha value is -1.84. The van der Waals surface area contributed by atoms with Crippen LogP contribution in [0.25, 0.3) is 0 Å². The Kier molecular flexibility index (Phi) is 4.77. The van der Waals surface area contributed by atoms with E-state index in [9.17, 15) is 9.59 Å². The smallest absolute Gasteiger partial charge is 0.247 e. The molecule has 0 radical (unpaired) electrons. The molecule has 0 spiro atoms. The summed E-state index contributed by atoms with van der Waals surface area (Å²) in [6, 6.07) is 7.35. The van der Waals surface area contributed by atoms with Crippen LogP contribution in [0.2, 0.25) is 0 Å². The number of nitrogens with zero attached hydrogens (tertiary/aromatic N) is 1. The molecule has 1 aromatic carbocycles. The average molecular weight is 274 g/mol. The highest BCUT2D eigenvalue weighted by Crippen LogP contribution is 2.24. The van der Waals surface area contributed by atoms with Crippen molar-refractivity contribution in [2.75, 3.05) is 13.1 Å². The number of carbonyl (C=O) groups is 2. The lowest BCUT2D eigenvalue weighted by Crippen LogP contribution is -2.52. The van der Waals surface area contributed by atoms with E-state index in [-0.39, 0.29) is 11.8 Å². The molecule has 1 unspecified atom stereocenters. The molecule has 20 heavy (non-hydrogen) atoms. The minimum atomic E-state index is -0.478. The van der Waals surface area contributed by atoms with Gasteiger partial charge >= 0.3 is 0 Å². The monoisotopic (exact) mass is 274 g/mol. The van der Waals surface area contributed by atoms with E-state index in [0.717, 1.165) is 24.0 Å². The molecule has 1 aliphatic rings. The van der Waals surface area contributed by atoms with Gasteiger partial charge < -0.3 is 10.2 Å². The van der Waals surface area contributed by atoms with Crippen LogP contribution in [-0.2, 0) is 9.59 Å². The molecule has 1 N–H and O–H groups in total. The first kappa shape index (κ1) is 14.6. The van der Waals surface area contributed by atoms with Gasteiger partial charge in [0.15, 0.2) is 0 Å². The molecule has 2 rings (SSSR count). The fourth-order valence-electron chi connectivity index (χ4n) is 2.49. The summed E-state index contributed by atoms with van der Waals surface area (Å²) in [5, 5.41) is 2.85. The first-order valence-electron chi connectivity index (χ1n) is 7.27. The molecule has 1 aromatic rings. The largest absolute Gasteiger partial charge is 0.352 e. The van der Waals surface area contributed by atoms with Gasteiger partial charge in [0.05, 0.1) is 0 Å². The van der Waals surface area contributed by atoms with Crippen LogP contribution < -0.4 is 5.32 Å². The van der Waals surface area contributed by atoms with Gasteiger partial charge in [0.1, 0.15) is 6.04 Å². The van der Waals surface area contributed by atoms with Gasteiger partial charge in [0, 0.05) is 19.5 Å². The van der Waals surface area contributed by atoms with Crippen molar-refractivity contribution in [1.82, 2.24) is 10.2 Å². The SMILES string of the molecule is CCCCC(=O)N1CCNC(=O)C1c1ccc(C)cc1. The van der Waals surface area contributed by atoms with Gasteiger partial charge in [0.2, 0.25) is 11.8 Å². The quantitative estimate of drug-likeness (QED) is 0.915. The highest BCUT2D eigenvalue weighted by atomic mass is 16.2. The zero-order valence-electron chi connectivity index (χ0n) is 12.2. The van der Waals surface area contributed by atoms with E-state index in [1.54, 1.807) is 4.90 Å². The Morgan fingerprint density at radius 2 is 2.05 bits per heavy atom. The maximum absolute atomic E-state index is 12.3. The Bertz CT molecular complexity index is 482. The molecule has 0 saturated carbocycles. The number of rotatable bonds is 4. The zero-order valence-corrected chi connectivity index (χ0v) is 12.2. The van der Waals surface area contributed by atoms with Crippen LogP contribution >= 0.6 is 0 Å². The van der Waals surface area contributed by atoms with E-state index in [1.165, 1.54) is 0 Å². The third-order valence-corrected chi connectivity index (χ3v) is 3.67. The number of hydrogen-bond donors (Lipinski definition) is 1. The Labute approximate surface area is 120 Å². The molecule has 1 saturated heterocycles. The van der Waals surface area contributed by atoms with E-state index in [1.807, 2.05) is 31.2 Å². The first-order valence-corrected chi connectivity index (χ1v) is 7.27. The predicted octanol–water partition coefficient (Wildman–Crippen LogP) is 2.18. The molecular weight excluding hydrogens is 252 g/mol. The van der Waals surface area contributed by atoms with E-state index in [2.05, 4.69) is 12.2 Å². The number of nitrogens with one attached hydrogen (secondary N) is 1. The van der Waals surface area contributed by atoms with Crippen molar-refractivity contribution < 1.29 is 9.59 Å². The third kappa shape index (κ3) is 3.18. The molecule has 1 fully saturated rings. The highest BCUT2D eigenvalue weighted by molar-refractivity contribution is 5.89. The van der Waals surface area contributed by atoms with Crippen LogP contribution in [0.5, 0.6) is 0 Å². The summed E-state index contributed by atoms with van der Waals surface area (Å²) in [7, 11) is 0. The van der Waals surface area contributed by atoms with Crippen LogP contribution in [0.15, 0.2) is 24.3 Å². The molecule has 4 nitrogen and oxygen atoms in total. The zero-order chi connectivity index (χ0) is 14.5. The predicted molar refractivity (Wildman–Crippen MR) is 78.2 cm³/mol. The van der Waals surface area contributed by atoms with Crippen LogP contribution in [0.3, 0.4) is 0 Å². The number of amides is 2. The minimum absolute atomic E-state index is 0.0762. The van der Waals surface area contributed by atoms with Gasteiger partial charge in [-0.05, 0) is 18.9 Å². The lowest BCUT2D eigenvalue weighted by Gasteiger charge is -2.35. The van der Waals surface area contributed by atoms with Gasteiger partial charge in [-0.3, -0.25) is 9.59 Å². The topological polar surface area (TPSA) is 49.4 Å². The number of piperazine rings is 1. The molecular formula is C16H22N2O2. The normalized spacial score (nSPS) is 18.8.